The summed E-state index contributed by atoms with van der Waals surface area (Å²) in [6, 6.07) is 0. The molecule has 0 saturated carbocycles. The van der Waals surface area contributed by atoms with Crippen LogP contribution in [0.3, 0.4) is 0 Å². The fraction of sp³-hybridized carbons (Fsp3) is 0.750. The minimum absolute atomic E-state index is 0.0104. The first-order valence-electron chi connectivity index (χ1n) is 12.3. The molecule has 10 nitrogen and oxygen atoms in total. The van der Waals surface area contributed by atoms with Gasteiger partial charge in [-0.25, -0.2) is 4.79 Å². The van der Waals surface area contributed by atoms with Crippen LogP contribution in [-0.4, -0.2) is 99.5 Å². The van der Waals surface area contributed by atoms with Crippen molar-refractivity contribution in [2.45, 2.75) is 78.2 Å². The zero-order valence-corrected chi connectivity index (χ0v) is 21.0. The topological polar surface area (TPSA) is 97.2 Å². The lowest BCUT2D eigenvalue weighted by atomic mass is 10.1. The van der Waals surface area contributed by atoms with Gasteiger partial charge in [0.25, 0.3) is 5.91 Å². The third-order valence-corrected chi connectivity index (χ3v) is 6.49. The van der Waals surface area contributed by atoms with Gasteiger partial charge >= 0.3 is 6.09 Å². The smallest absolute Gasteiger partial charge is 0.410 e. The van der Waals surface area contributed by atoms with Crippen molar-refractivity contribution < 1.29 is 23.9 Å². The Morgan fingerprint density at radius 2 is 1.59 bits per heavy atom. The summed E-state index contributed by atoms with van der Waals surface area (Å²) in [7, 11) is 0. The van der Waals surface area contributed by atoms with Gasteiger partial charge in [-0.3, -0.25) is 14.3 Å². The van der Waals surface area contributed by atoms with E-state index < -0.39 is 5.60 Å². The number of nitrogens with zero attached hydrogens (tertiary/aromatic N) is 5. The number of carbonyl (C=O) groups is 3. The highest BCUT2D eigenvalue weighted by Crippen LogP contribution is 2.27. The number of amides is 3. The van der Waals surface area contributed by atoms with Gasteiger partial charge < -0.3 is 24.2 Å². The summed E-state index contributed by atoms with van der Waals surface area (Å²) in [6.07, 6.45) is 2.23. The van der Waals surface area contributed by atoms with Gasteiger partial charge in [0.05, 0.1) is 12.2 Å². The molecule has 10 heteroatoms. The first kappa shape index (κ1) is 24.5. The molecule has 188 valence electrons. The van der Waals surface area contributed by atoms with E-state index in [-0.39, 0.29) is 36.7 Å². The van der Waals surface area contributed by atoms with Crippen molar-refractivity contribution in [3.63, 3.8) is 0 Å². The normalized spacial score (nSPS) is 23.1. The Bertz CT molecular complexity index is 934. The highest BCUT2D eigenvalue weighted by molar-refractivity contribution is 5.94. The molecule has 2 fully saturated rings. The fourth-order valence-corrected chi connectivity index (χ4v) is 5.00. The Hall–Kier alpha value is -2.62. The van der Waals surface area contributed by atoms with E-state index in [0.29, 0.717) is 45.0 Å². The van der Waals surface area contributed by atoms with Gasteiger partial charge in [-0.05, 0) is 53.9 Å². The molecule has 0 unspecified atom stereocenters. The summed E-state index contributed by atoms with van der Waals surface area (Å²) in [5, 5.41) is 4.63. The molecule has 34 heavy (non-hydrogen) atoms. The van der Waals surface area contributed by atoms with Crippen LogP contribution in [0.25, 0.3) is 0 Å². The van der Waals surface area contributed by atoms with Gasteiger partial charge in [-0.15, -0.1) is 0 Å². The van der Waals surface area contributed by atoms with Crippen LogP contribution in [0.1, 0.15) is 62.8 Å². The van der Waals surface area contributed by atoms with Gasteiger partial charge in [0.2, 0.25) is 5.91 Å². The third kappa shape index (κ3) is 5.37. The van der Waals surface area contributed by atoms with Crippen molar-refractivity contribution in [3.05, 3.63) is 17.0 Å². The van der Waals surface area contributed by atoms with Crippen LogP contribution in [0.15, 0.2) is 0 Å². The van der Waals surface area contributed by atoms with E-state index in [0.717, 1.165) is 30.5 Å². The standard InChI is InChI=1S/C24H37N5O5/c1-16-13-28(14-17(2)33-16)22(31)21-18-7-6-8-19(18)29(25-21)15-20(30)26-9-11-27(12-10-26)23(32)34-24(3,4)5/h16-17H,6-15H2,1-5H3/t16-,17+. The quantitative estimate of drug-likeness (QED) is 0.660. The minimum atomic E-state index is -0.545. The van der Waals surface area contributed by atoms with Crippen LogP contribution >= 0.6 is 0 Å². The van der Waals surface area contributed by atoms with E-state index >= 15 is 0 Å². The molecule has 3 aliphatic rings. The van der Waals surface area contributed by atoms with E-state index in [1.807, 2.05) is 39.5 Å². The van der Waals surface area contributed by atoms with E-state index in [4.69, 9.17) is 9.47 Å². The average Bonchev–Trinajstić information content (AvgIpc) is 3.35. The Balaban J connectivity index is 1.40. The Morgan fingerprint density at radius 1 is 0.971 bits per heavy atom. The predicted molar refractivity (Wildman–Crippen MR) is 125 cm³/mol. The van der Waals surface area contributed by atoms with Crippen LogP contribution in [0.4, 0.5) is 4.79 Å². The number of morpholine rings is 1. The molecule has 0 spiro atoms. The van der Waals surface area contributed by atoms with Gasteiger partial charge in [0.15, 0.2) is 5.69 Å². The van der Waals surface area contributed by atoms with Crippen molar-refractivity contribution >= 4 is 17.9 Å². The maximum Gasteiger partial charge on any atom is 0.410 e. The lowest BCUT2D eigenvalue weighted by Crippen LogP contribution is -2.52. The number of ether oxygens (including phenoxy) is 2. The molecule has 3 heterocycles. The molecule has 2 saturated heterocycles. The third-order valence-electron chi connectivity index (χ3n) is 6.49. The second-order valence-corrected chi connectivity index (χ2v) is 10.6. The largest absolute Gasteiger partial charge is 0.444 e. The maximum absolute atomic E-state index is 13.3. The van der Waals surface area contributed by atoms with Crippen LogP contribution in [-0.2, 0) is 33.7 Å². The summed E-state index contributed by atoms with van der Waals surface area (Å²) in [5.74, 6) is -0.119. The van der Waals surface area contributed by atoms with E-state index in [9.17, 15) is 14.4 Å². The van der Waals surface area contributed by atoms with E-state index in [1.54, 1.807) is 14.5 Å². The van der Waals surface area contributed by atoms with Crippen molar-refractivity contribution in [1.29, 1.82) is 0 Å². The van der Waals surface area contributed by atoms with Crippen molar-refractivity contribution in [3.8, 4) is 0 Å². The number of hydrogen-bond donors (Lipinski definition) is 0. The SMILES string of the molecule is C[C@@H]1CN(C(=O)c2nn(CC(=O)N3CCN(C(=O)OC(C)(C)C)CC3)c3c2CCC3)C[C@H](C)O1. The summed E-state index contributed by atoms with van der Waals surface area (Å²) < 4.78 is 12.9. The predicted octanol–water partition coefficient (Wildman–Crippen LogP) is 1.70. The zero-order chi connectivity index (χ0) is 24.6. The molecule has 2 aliphatic heterocycles. The van der Waals surface area contributed by atoms with Crippen LogP contribution in [0, 0.1) is 0 Å². The number of piperazine rings is 1. The number of hydrogen-bond acceptors (Lipinski definition) is 6. The molecular weight excluding hydrogens is 438 g/mol. The van der Waals surface area contributed by atoms with Crippen molar-refractivity contribution in [1.82, 2.24) is 24.5 Å². The number of carbonyl (C=O) groups excluding carboxylic acids is 3. The van der Waals surface area contributed by atoms with Crippen LogP contribution in [0.5, 0.6) is 0 Å². The number of aromatic nitrogens is 2. The molecule has 4 rings (SSSR count). The second-order valence-electron chi connectivity index (χ2n) is 10.6. The molecule has 0 radical (unpaired) electrons. The molecule has 1 aromatic heterocycles. The second kappa shape index (κ2) is 9.56. The molecular formula is C24H37N5O5. The van der Waals surface area contributed by atoms with Gasteiger partial charge in [-0.2, -0.15) is 5.10 Å². The number of fused-ring (bicyclic) bond motifs is 1. The molecule has 2 atom stereocenters. The molecule has 0 bridgehead atoms. The lowest BCUT2D eigenvalue weighted by Gasteiger charge is -2.35. The summed E-state index contributed by atoms with van der Waals surface area (Å²) in [6.45, 7) is 12.5. The van der Waals surface area contributed by atoms with E-state index in [1.165, 1.54) is 0 Å². The summed E-state index contributed by atoms with van der Waals surface area (Å²) in [5.41, 5.74) is 1.92. The highest BCUT2D eigenvalue weighted by Gasteiger charge is 2.34. The average molecular weight is 476 g/mol. The first-order chi connectivity index (χ1) is 16.0. The van der Waals surface area contributed by atoms with Crippen molar-refractivity contribution in [2.24, 2.45) is 0 Å². The lowest BCUT2D eigenvalue weighted by molar-refractivity contribution is -0.133. The summed E-state index contributed by atoms with van der Waals surface area (Å²) in [4.78, 5) is 43.9. The number of rotatable bonds is 3. The highest BCUT2D eigenvalue weighted by atomic mass is 16.6. The summed E-state index contributed by atoms with van der Waals surface area (Å²) >= 11 is 0. The molecule has 0 aromatic carbocycles. The zero-order valence-electron chi connectivity index (χ0n) is 21.0. The molecule has 1 aromatic rings. The first-order valence-corrected chi connectivity index (χ1v) is 12.3. The molecule has 1 aliphatic carbocycles. The van der Waals surface area contributed by atoms with Crippen LogP contribution < -0.4 is 0 Å². The fourth-order valence-electron chi connectivity index (χ4n) is 5.00. The minimum Gasteiger partial charge on any atom is -0.444 e. The van der Waals surface area contributed by atoms with Gasteiger partial charge in [0.1, 0.15) is 12.1 Å². The Labute approximate surface area is 201 Å². The van der Waals surface area contributed by atoms with E-state index in [2.05, 4.69) is 5.10 Å². The van der Waals surface area contributed by atoms with Gasteiger partial charge in [0, 0.05) is 50.5 Å². The monoisotopic (exact) mass is 475 g/mol. The maximum atomic E-state index is 13.3. The van der Waals surface area contributed by atoms with Crippen LogP contribution in [0.2, 0.25) is 0 Å². The Morgan fingerprint density at radius 3 is 2.21 bits per heavy atom. The molecule has 0 N–H and O–H groups in total. The molecule has 3 amide bonds. The van der Waals surface area contributed by atoms with Gasteiger partial charge in [-0.1, -0.05) is 0 Å². The Kier molecular flexibility index (Phi) is 6.89. The van der Waals surface area contributed by atoms with Crippen molar-refractivity contribution in [2.75, 3.05) is 39.3 Å².